The number of rotatable bonds is 3. The van der Waals surface area contributed by atoms with Gasteiger partial charge in [0.2, 0.25) is 6.79 Å². The molecule has 0 amide bonds. The lowest BCUT2D eigenvalue weighted by atomic mass is 10.2. The molecule has 3 rings (SSSR count). The first-order valence-corrected chi connectivity index (χ1v) is 7.49. The van der Waals surface area contributed by atoms with Crippen LogP contribution in [0.5, 0.6) is 11.5 Å². The summed E-state index contributed by atoms with van der Waals surface area (Å²) in [5, 5.41) is 3.19. The highest BCUT2D eigenvalue weighted by atomic mass is 79.9. The minimum atomic E-state index is -0.277. The number of hydrogen-bond donors (Lipinski definition) is 1. The quantitative estimate of drug-likeness (QED) is 0.807. The molecule has 2 aromatic rings. The van der Waals surface area contributed by atoms with Gasteiger partial charge in [0.05, 0.1) is 5.69 Å². The zero-order valence-corrected chi connectivity index (χ0v) is 13.4. The molecule has 20 heavy (non-hydrogen) atoms. The van der Waals surface area contributed by atoms with Crippen LogP contribution in [0.1, 0.15) is 5.56 Å². The van der Waals surface area contributed by atoms with Gasteiger partial charge in [-0.2, -0.15) is 0 Å². The van der Waals surface area contributed by atoms with Gasteiger partial charge in [0.1, 0.15) is 5.82 Å². The van der Waals surface area contributed by atoms with Gasteiger partial charge in [-0.3, -0.25) is 0 Å². The summed E-state index contributed by atoms with van der Waals surface area (Å²) in [7, 11) is 0. The van der Waals surface area contributed by atoms with Crippen molar-refractivity contribution in [1.82, 2.24) is 0 Å². The van der Waals surface area contributed by atoms with Crippen molar-refractivity contribution in [1.29, 1.82) is 0 Å². The second kappa shape index (κ2) is 5.61. The molecule has 0 radical (unpaired) electrons. The number of hydrogen-bond acceptors (Lipinski definition) is 3. The van der Waals surface area contributed by atoms with Gasteiger partial charge < -0.3 is 14.8 Å². The lowest BCUT2D eigenvalue weighted by Gasteiger charge is -2.11. The summed E-state index contributed by atoms with van der Waals surface area (Å²) >= 11 is 6.88. The van der Waals surface area contributed by atoms with Crippen LogP contribution in [0.15, 0.2) is 39.3 Å². The van der Waals surface area contributed by atoms with Gasteiger partial charge in [-0.15, -0.1) is 0 Å². The molecule has 0 saturated heterocycles. The monoisotopic (exact) mass is 401 g/mol. The molecule has 6 heteroatoms. The first-order chi connectivity index (χ1) is 9.63. The minimum absolute atomic E-state index is 0.244. The number of benzene rings is 2. The van der Waals surface area contributed by atoms with E-state index in [4.69, 9.17) is 9.47 Å². The standard InChI is InChI=1S/C14H10Br2FNO2/c15-10-2-1-9(17)4-12(10)18-6-8-3-13-14(5-11(8)16)20-7-19-13/h1-5,18H,6-7H2. The summed E-state index contributed by atoms with van der Waals surface area (Å²) in [5.41, 5.74) is 1.71. The van der Waals surface area contributed by atoms with Crippen molar-refractivity contribution in [2.75, 3.05) is 12.1 Å². The zero-order chi connectivity index (χ0) is 14.1. The van der Waals surface area contributed by atoms with Crippen molar-refractivity contribution in [2.45, 2.75) is 6.54 Å². The van der Waals surface area contributed by atoms with Crippen LogP contribution >= 0.6 is 31.9 Å². The molecule has 1 aliphatic heterocycles. The van der Waals surface area contributed by atoms with Gasteiger partial charge in [0.25, 0.3) is 0 Å². The fraction of sp³-hybridized carbons (Fsp3) is 0.143. The highest BCUT2D eigenvalue weighted by Crippen LogP contribution is 2.37. The number of ether oxygens (including phenoxy) is 2. The van der Waals surface area contributed by atoms with Crippen molar-refractivity contribution in [2.24, 2.45) is 0 Å². The molecule has 1 aliphatic rings. The second-order valence-electron chi connectivity index (χ2n) is 4.27. The van der Waals surface area contributed by atoms with E-state index in [0.29, 0.717) is 12.2 Å². The van der Waals surface area contributed by atoms with Crippen molar-refractivity contribution in [3.8, 4) is 11.5 Å². The van der Waals surface area contributed by atoms with Crippen molar-refractivity contribution in [3.63, 3.8) is 0 Å². The van der Waals surface area contributed by atoms with Gasteiger partial charge in [0.15, 0.2) is 11.5 Å². The fourth-order valence-corrected chi connectivity index (χ4v) is 2.77. The van der Waals surface area contributed by atoms with E-state index < -0.39 is 0 Å². The van der Waals surface area contributed by atoms with Gasteiger partial charge in [-0.25, -0.2) is 4.39 Å². The minimum Gasteiger partial charge on any atom is -0.454 e. The number of fused-ring (bicyclic) bond motifs is 1. The third-order valence-electron chi connectivity index (χ3n) is 2.94. The summed E-state index contributed by atoms with van der Waals surface area (Å²) in [6.45, 7) is 0.785. The summed E-state index contributed by atoms with van der Waals surface area (Å²) in [4.78, 5) is 0. The van der Waals surface area contributed by atoms with E-state index >= 15 is 0 Å². The van der Waals surface area contributed by atoms with Crippen molar-refractivity contribution in [3.05, 3.63) is 50.7 Å². The lowest BCUT2D eigenvalue weighted by molar-refractivity contribution is 0.174. The maximum atomic E-state index is 13.2. The van der Waals surface area contributed by atoms with E-state index in [1.54, 1.807) is 6.07 Å². The predicted octanol–water partition coefficient (Wildman–Crippen LogP) is 4.69. The zero-order valence-electron chi connectivity index (χ0n) is 10.3. The van der Waals surface area contributed by atoms with Crippen LogP contribution < -0.4 is 14.8 Å². The Balaban J connectivity index is 1.80. The van der Waals surface area contributed by atoms with E-state index in [1.165, 1.54) is 12.1 Å². The van der Waals surface area contributed by atoms with Crippen molar-refractivity contribution < 1.29 is 13.9 Å². The molecule has 3 nitrogen and oxygen atoms in total. The first-order valence-electron chi connectivity index (χ1n) is 5.90. The van der Waals surface area contributed by atoms with Crippen LogP contribution in [0, 0.1) is 5.82 Å². The summed E-state index contributed by atoms with van der Waals surface area (Å²) < 4.78 is 25.6. The molecule has 0 spiro atoms. The third-order valence-corrected chi connectivity index (χ3v) is 4.37. The Bertz CT molecular complexity index is 664. The van der Waals surface area contributed by atoms with Crippen LogP contribution in [0.3, 0.4) is 0 Å². The smallest absolute Gasteiger partial charge is 0.231 e. The first kappa shape index (κ1) is 13.7. The van der Waals surface area contributed by atoms with E-state index in [-0.39, 0.29) is 12.6 Å². The van der Waals surface area contributed by atoms with Gasteiger partial charge in [0, 0.05) is 15.5 Å². The average Bonchev–Trinajstić information content (AvgIpc) is 2.86. The Labute approximate surface area is 132 Å². The van der Waals surface area contributed by atoms with Crippen LogP contribution in [-0.2, 0) is 6.54 Å². The van der Waals surface area contributed by atoms with Crippen LogP contribution in [0.2, 0.25) is 0 Å². The van der Waals surface area contributed by atoms with Crippen LogP contribution in [-0.4, -0.2) is 6.79 Å². The molecule has 2 aromatic carbocycles. The molecular weight excluding hydrogens is 393 g/mol. The second-order valence-corrected chi connectivity index (χ2v) is 5.98. The average molecular weight is 403 g/mol. The molecule has 0 aromatic heterocycles. The van der Waals surface area contributed by atoms with E-state index in [1.807, 2.05) is 12.1 Å². The Morgan fingerprint density at radius 3 is 2.60 bits per heavy atom. The Morgan fingerprint density at radius 2 is 1.80 bits per heavy atom. The highest BCUT2D eigenvalue weighted by Gasteiger charge is 2.16. The Morgan fingerprint density at radius 1 is 1.05 bits per heavy atom. The number of nitrogens with one attached hydrogen (secondary N) is 1. The Kier molecular flexibility index (Phi) is 3.85. The van der Waals surface area contributed by atoms with Gasteiger partial charge in [-0.1, -0.05) is 15.9 Å². The maximum absolute atomic E-state index is 13.2. The molecule has 0 atom stereocenters. The molecule has 1 N–H and O–H groups in total. The summed E-state index contributed by atoms with van der Waals surface area (Å²) in [5.74, 6) is 1.18. The molecule has 0 bridgehead atoms. The highest BCUT2D eigenvalue weighted by molar-refractivity contribution is 9.11. The Hall–Kier alpha value is -1.27. The molecule has 0 saturated carbocycles. The molecule has 0 unspecified atom stereocenters. The number of anilines is 1. The largest absolute Gasteiger partial charge is 0.454 e. The lowest BCUT2D eigenvalue weighted by Crippen LogP contribution is -2.01. The molecule has 104 valence electrons. The molecule has 0 aliphatic carbocycles. The normalized spacial score (nSPS) is 12.6. The molecule has 1 heterocycles. The van der Waals surface area contributed by atoms with E-state index in [2.05, 4.69) is 37.2 Å². The van der Waals surface area contributed by atoms with Gasteiger partial charge >= 0.3 is 0 Å². The van der Waals surface area contributed by atoms with Crippen LogP contribution in [0.4, 0.5) is 10.1 Å². The van der Waals surface area contributed by atoms with Crippen LogP contribution in [0.25, 0.3) is 0 Å². The topological polar surface area (TPSA) is 30.5 Å². The molecular formula is C14H10Br2FNO2. The summed E-state index contributed by atoms with van der Waals surface area (Å²) in [6.07, 6.45) is 0. The SMILES string of the molecule is Fc1ccc(Br)c(NCc2cc3c(cc2Br)OCO3)c1. The van der Waals surface area contributed by atoms with Gasteiger partial charge in [-0.05, 0) is 51.8 Å². The molecule has 0 fully saturated rings. The third kappa shape index (κ3) is 2.76. The number of halogens is 3. The summed E-state index contributed by atoms with van der Waals surface area (Å²) in [6, 6.07) is 8.32. The fourth-order valence-electron chi connectivity index (χ4n) is 1.92. The predicted molar refractivity (Wildman–Crippen MR) is 81.7 cm³/mol. The van der Waals surface area contributed by atoms with E-state index in [0.717, 1.165) is 26.0 Å². The van der Waals surface area contributed by atoms with Crippen molar-refractivity contribution >= 4 is 37.5 Å². The maximum Gasteiger partial charge on any atom is 0.231 e. The van der Waals surface area contributed by atoms with E-state index in [9.17, 15) is 4.39 Å².